The molecule has 0 heterocycles. The fraction of sp³-hybridized carbons (Fsp3) is 0.222. The number of carbonyl (C=O) groups is 3. The van der Waals surface area contributed by atoms with Crippen molar-refractivity contribution in [3.05, 3.63) is 94.0 Å². The van der Waals surface area contributed by atoms with Crippen LogP contribution >= 0.6 is 0 Å². The Hall–Kier alpha value is -4.97. The Labute approximate surface area is 223 Å². The van der Waals surface area contributed by atoms with E-state index in [2.05, 4.69) is 10.6 Å². The second kappa shape index (κ2) is 12.5. The van der Waals surface area contributed by atoms with Gasteiger partial charge in [-0.25, -0.2) is 9.59 Å². The van der Waals surface area contributed by atoms with Gasteiger partial charge in [0, 0.05) is 36.9 Å². The smallest absolute Gasteiger partial charge is 0.412 e. The number of hydrogen-bond acceptors (Lipinski definition) is 8. The van der Waals surface area contributed by atoms with Gasteiger partial charge in [-0.3, -0.25) is 14.9 Å². The van der Waals surface area contributed by atoms with Crippen LogP contribution in [0.25, 0.3) is 11.1 Å². The van der Waals surface area contributed by atoms with E-state index < -0.39 is 29.1 Å². The third-order valence-corrected chi connectivity index (χ3v) is 5.83. The van der Waals surface area contributed by atoms with E-state index in [9.17, 15) is 24.5 Å². The summed E-state index contributed by atoms with van der Waals surface area (Å²) in [7, 11) is 1.47. The summed E-state index contributed by atoms with van der Waals surface area (Å²) in [6.45, 7) is -0.200. The van der Waals surface area contributed by atoms with Crippen molar-refractivity contribution in [2.24, 2.45) is 0 Å². The van der Waals surface area contributed by atoms with E-state index in [4.69, 9.17) is 14.2 Å². The first-order valence-corrected chi connectivity index (χ1v) is 12.0. The third kappa shape index (κ3) is 6.87. The van der Waals surface area contributed by atoms with Gasteiger partial charge in [-0.15, -0.1) is 0 Å². The highest BCUT2D eigenvalue weighted by molar-refractivity contribution is 5.83. The fourth-order valence-electron chi connectivity index (χ4n) is 3.97. The normalized spacial score (nSPS) is 11.6. The molecule has 0 aliphatic heterocycles. The summed E-state index contributed by atoms with van der Waals surface area (Å²) < 4.78 is 16.0. The maximum Gasteiger partial charge on any atom is 0.412 e. The van der Waals surface area contributed by atoms with Crippen LogP contribution in [-0.2, 0) is 14.3 Å². The molecular formula is C27H26N4O8. The van der Waals surface area contributed by atoms with Gasteiger partial charge in [-0.1, -0.05) is 48.5 Å². The summed E-state index contributed by atoms with van der Waals surface area (Å²) in [5, 5.41) is 15.6. The molecule has 0 fully saturated rings. The van der Waals surface area contributed by atoms with Gasteiger partial charge < -0.3 is 29.7 Å². The number of ether oxygens (including phenoxy) is 3. The number of nitro groups is 1. The van der Waals surface area contributed by atoms with Gasteiger partial charge in [0.15, 0.2) is 6.10 Å². The number of nitro benzene ring substituents is 1. The van der Waals surface area contributed by atoms with Crippen LogP contribution in [0.3, 0.4) is 0 Å². The molecule has 1 aliphatic rings. The maximum atomic E-state index is 12.7. The molecule has 12 nitrogen and oxygen atoms in total. The molecule has 4 rings (SSSR count). The first-order valence-electron chi connectivity index (χ1n) is 12.0. The second-order valence-electron chi connectivity index (χ2n) is 8.51. The number of hydrogen-bond donors (Lipinski definition) is 2. The van der Waals surface area contributed by atoms with Crippen molar-refractivity contribution in [3.63, 3.8) is 0 Å². The molecule has 3 aromatic rings. The van der Waals surface area contributed by atoms with Gasteiger partial charge in [0.25, 0.3) is 5.69 Å². The Morgan fingerprint density at radius 1 is 0.923 bits per heavy atom. The number of amides is 3. The van der Waals surface area contributed by atoms with Crippen molar-refractivity contribution >= 4 is 23.8 Å². The van der Waals surface area contributed by atoms with Crippen LogP contribution in [0.1, 0.15) is 17.2 Å². The van der Waals surface area contributed by atoms with Crippen LogP contribution < -0.4 is 15.4 Å². The number of likely N-dealkylation sites (N-methyl/N-ethyl adjacent to an activating group) is 1. The summed E-state index contributed by atoms with van der Waals surface area (Å²) >= 11 is 0. The minimum atomic E-state index is -0.760. The van der Waals surface area contributed by atoms with Crippen LogP contribution in [0.2, 0.25) is 0 Å². The maximum absolute atomic E-state index is 12.7. The van der Waals surface area contributed by atoms with Gasteiger partial charge in [0.2, 0.25) is 5.91 Å². The van der Waals surface area contributed by atoms with Gasteiger partial charge >= 0.3 is 12.2 Å². The lowest BCUT2D eigenvalue weighted by Gasteiger charge is -2.21. The Kier molecular flexibility index (Phi) is 8.69. The molecular weight excluding hydrogens is 508 g/mol. The predicted octanol–water partition coefficient (Wildman–Crippen LogP) is 3.61. The van der Waals surface area contributed by atoms with E-state index in [-0.39, 0.29) is 37.9 Å². The molecule has 12 heteroatoms. The predicted molar refractivity (Wildman–Crippen MR) is 139 cm³/mol. The fourth-order valence-corrected chi connectivity index (χ4v) is 3.97. The Morgan fingerprint density at radius 2 is 1.54 bits per heavy atom. The molecule has 0 bridgehead atoms. The molecule has 0 aromatic heterocycles. The van der Waals surface area contributed by atoms with Crippen molar-refractivity contribution in [2.45, 2.75) is 6.10 Å². The van der Waals surface area contributed by atoms with Crippen LogP contribution in [0.15, 0.2) is 72.8 Å². The number of non-ortho nitro benzene ring substituents is 1. The van der Waals surface area contributed by atoms with Crippen LogP contribution in [-0.4, -0.2) is 61.4 Å². The lowest BCUT2D eigenvalue weighted by molar-refractivity contribution is -0.384. The molecule has 0 unspecified atom stereocenters. The molecule has 3 aromatic carbocycles. The number of fused-ring (bicyclic) bond motifs is 3. The lowest BCUT2D eigenvalue weighted by atomic mass is 10.1. The largest absolute Gasteiger partial charge is 0.436 e. The number of benzene rings is 3. The third-order valence-electron chi connectivity index (χ3n) is 5.83. The number of nitrogens with one attached hydrogen (secondary N) is 2. The summed E-state index contributed by atoms with van der Waals surface area (Å²) in [6.07, 6.45) is -1.96. The zero-order valence-electron chi connectivity index (χ0n) is 21.0. The van der Waals surface area contributed by atoms with E-state index in [1.54, 1.807) is 0 Å². The molecule has 0 saturated heterocycles. The molecule has 0 radical (unpaired) electrons. The molecule has 0 saturated carbocycles. The highest BCUT2D eigenvalue weighted by Gasteiger charge is 2.32. The topological polar surface area (TPSA) is 149 Å². The monoisotopic (exact) mass is 534 g/mol. The molecule has 1 aliphatic carbocycles. The van der Waals surface area contributed by atoms with E-state index in [1.165, 1.54) is 36.2 Å². The summed E-state index contributed by atoms with van der Waals surface area (Å²) in [6, 6.07) is 20.5. The second-order valence-corrected chi connectivity index (χ2v) is 8.51. The molecule has 2 N–H and O–H groups in total. The standard InChI is InChI=1S/C27H26N4O8/c1-30(27(34)39-25-22-8-4-2-6-20(22)21-7-3-5-9-23(21)25)16-24(32)29-17-37-15-14-28-26(33)38-19-12-10-18(11-13-19)31(35)36/h2-13,25H,14-17H2,1H3,(H,28,33)(H,29,32). The van der Waals surface area contributed by atoms with E-state index in [1.807, 2.05) is 48.5 Å². The number of carbonyl (C=O) groups excluding carboxylic acids is 3. The van der Waals surface area contributed by atoms with Crippen molar-refractivity contribution in [1.29, 1.82) is 0 Å². The minimum Gasteiger partial charge on any atom is -0.436 e. The average molecular weight is 535 g/mol. The zero-order valence-corrected chi connectivity index (χ0v) is 21.0. The zero-order chi connectivity index (χ0) is 27.8. The molecule has 39 heavy (non-hydrogen) atoms. The van der Waals surface area contributed by atoms with Crippen molar-refractivity contribution < 1.29 is 33.5 Å². The molecule has 0 atom stereocenters. The SMILES string of the molecule is CN(CC(=O)NCOCCNC(=O)Oc1ccc([N+](=O)[O-])cc1)C(=O)OC1c2ccccc2-c2ccccc21. The molecule has 202 valence electrons. The highest BCUT2D eigenvalue weighted by atomic mass is 16.6. The van der Waals surface area contributed by atoms with Crippen molar-refractivity contribution in [2.75, 3.05) is 33.5 Å². The van der Waals surface area contributed by atoms with Crippen LogP contribution in [0, 0.1) is 10.1 Å². The average Bonchev–Trinajstić information content (AvgIpc) is 3.24. The van der Waals surface area contributed by atoms with E-state index in [0.717, 1.165) is 22.3 Å². The molecule has 3 amide bonds. The quantitative estimate of drug-likeness (QED) is 0.173. The van der Waals surface area contributed by atoms with Gasteiger partial charge in [-0.2, -0.15) is 0 Å². The summed E-state index contributed by atoms with van der Waals surface area (Å²) in [5.74, 6) is -0.303. The first-order chi connectivity index (χ1) is 18.8. The Morgan fingerprint density at radius 3 is 2.15 bits per heavy atom. The first kappa shape index (κ1) is 27.1. The van der Waals surface area contributed by atoms with Gasteiger partial charge in [-0.05, 0) is 23.3 Å². The van der Waals surface area contributed by atoms with Crippen molar-refractivity contribution in [1.82, 2.24) is 15.5 Å². The van der Waals surface area contributed by atoms with Gasteiger partial charge in [0.05, 0.1) is 11.5 Å². The van der Waals surface area contributed by atoms with Gasteiger partial charge in [0.1, 0.15) is 19.0 Å². The number of rotatable bonds is 10. The Bertz CT molecular complexity index is 1320. The van der Waals surface area contributed by atoms with Crippen molar-refractivity contribution in [3.8, 4) is 16.9 Å². The summed E-state index contributed by atoms with van der Waals surface area (Å²) in [4.78, 5) is 48.0. The number of nitrogens with zero attached hydrogens (tertiary/aromatic N) is 2. The van der Waals surface area contributed by atoms with E-state index >= 15 is 0 Å². The lowest BCUT2D eigenvalue weighted by Crippen LogP contribution is -2.40. The summed E-state index contributed by atoms with van der Waals surface area (Å²) in [5.41, 5.74) is 3.69. The highest BCUT2D eigenvalue weighted by Crippen LogP contribution is 2.45. The van der Waals surface area contributed by atoms with E-state index in [0.29, 0.717) is 0 Å². The van der Waals surface area contributed by atoms with Crippen LogP contribution in [0.5, 0.6) is 5.75 Å². The minimum absolute atomic E-state index is 0.0774. The Balaban J connectivity index is 1.13. The van der Waals surface area contributed by atoms with Crippen LogP contribution in [0.4, 0.5) is 15.3 Å². The molecule has 0 spiro atoms.